The number of hydrogen-bond acceptors (Lipinski definition) is 1. The number of fused-ring (bicyclic) bond motifs is 3. The lowest BCUT2D eigenvalue weighted by molar-refractivity contribution is 1.28. The molecule has 0 unspecified atom stereocenters. The van der Waals surface area contributed by atoms with Crippen LogP contribution in [0, 0.1) is 0 Å². The zero-order chi connectivity index (χ0) is 34.0. The van der Waals surface area contributed by atoms with Gasteiger partial charge in [-0.1, -0.05) is 170 Å². The molecular formula is C50H35N. The van der Waals surface area contributed by atoms with Crippen LogP contribution in [0.2, 0.25) is 0 Å². The first-order valence-electron chi connectivity index (χ1n) is 17.5. The van der Waals surface area contributed by atoms with Crippen LogP contribution in [0.1, 0.15) is 0 Å². The SMILES string of the molecule is c1ccc(-c2ccc(N(c3ccc(-c4ccc(-c5cc6ccccc6c6ccccc56)cc4)cc3)c3cccc(-c4ccccc4)c3)cc2)cc1. The fraction of sp³-hybridized carbons (Fsp3) is 0. The van der Waals surface area contributed by atoms with Crippen LogP contribution < -0.4 is 4.90 Å². The van der Waals surface area contributed by atoms with E-state index in [1.807, 2.05) is 0 Å². The molecule has 0 bridgehead atoms. The Kier molecular flexibility index (Phi) is 7.92. The van der Waals surface area contributed by atoms with E-state index in [1.54, 1.807) is 0 Å². The standard InChI is InChI=1S/C50H35N/c1-3-12-36(13-4-1)39-26-30-44(31-27-39)51(46-18-11-17-42(34-46)37-14-5-2-6-15-37)45-32-28-40(29-33-45)38-22-24-41(25-23-38)50-35-43-16-7-8-19-47(43)48-20-9-10-21-49(48)50/h1-35H. The first-order valence-corrected chi connectivity index (χ1v) is 17.5. The first-order chi connectivity index (χ1) is 25.3. The Hall–Kier alpha value is -6.70. The Morgan fingerprint density at radius 1 is 0.235 bits per heavy atom. The van der Waals surface area contributed by atoms with Gasteiger partial charge in [-0.25, -0.2) is 0 Å². The van der Waals surface area contributed by atoms with Gasteiger partial charge in [0, 0.05) is 17.1 Å². The number of nitrogens with zero attached hydrogens (tertiary/aromatic N) is 1. The second-order valence-corrected chi connectivity index (χ2v) is 13.0. The fourth-order valence-electron chi connectivity index (χ4n) is 7.27. The largest absolute Gasteiger partial charge is 0.310 e. The Morgan fingerprint density at radius 2 is 0.667 bits per heavy atom. The van der Waals surface area contributed by atoms with Gasteiger partial charge in [0.05, 0.1) is 0 Å². The van der Waals surface area contributed by atoms with Crippen LogP contribution in [0.3, 0.4) is 0 Å². The average molecular weight is 650 g/mol. The van der Waals surface area contributed by atoms with Crippen LogP contribution in [0.4, 0.5) is 17.1 Å². The van der Waals surface area contributed by atoms with Gasteiger partial charge in [0.25, 0.3) is 0 Å². The van der Waals surface area contributed by atoms with Crippen molar-refractivity contribution < 1.29 is 0 Å². The molecule has 0 atom stereocenters. The van der Waals surface area contributed by atoms with E-state index in [9.17, 15) is 0 Å². The van der Waals surface area contributed by atoms with Gasteiger partial charge in [0.1, 0.15) is 0 Å². The highest BCUT2D eigenvalue weighted by Crippen LogP contribution is 2.39. The van der Waals surface area contributed by atoms with Gasteiger partial charge >= 0.3 is 0 Å². The maximum atomic E-state index is 2.35. The Balaban J connectivity index is 1.07. The average Bonchev–Trinajstić information content (AvgIpc) is 3.22. The third-order valence-corrected chi connectivity index (χ3v) is 9.87. The van der Waals surface area contributed by atoms with Gasteiger partial charge < -0.3 is 4.90 Å². The topological polar surface area (TPSA) is 3.24 Å². The lowest BCUT2D eigenvalue weighted by Crippen LogP contribution is -2.10. The summed E-state index contributed by atoms with van der Waals surface area (Å²) >= 11 is 0. The van der Waals surface area contributed by atoms with E-state index in [1.165, 1.54) is 66.1 Å². The lowest BCUT2D eigenvalue weighted by Gasteiger charge is -2.26. The van der Waals surface area contributed by atoms with Crippen LogP contribution in [-0.4, -0.2) is 0 Å². The molecule has 0 heterocycles. The summed E-state index contributed by atoms with van der Waals surface area (Å²) in [6, 6.07) is 76.5. The van der Waals surface area contributed by atoms with E-state index in [2.05, 4.69) is 217 Å². The molecule has 0 aliphatic heterocycles. The maximum Gasteiger partial charge on any atom is 0.0467 e. The van der Waals surface area contributed by atoms with E-state index >= 15 is 0 Å². The summed E-state index contributed by atoms with van der Waals surface area (Å²) in [7, 11) is 0. The molecule has 1 nitrogen and oxygen atoms in total. The van der Waals surface area contributed by atoms with Gasteiger partial charge in [0.2, 0.25) is 0 Å². The molecule has 0 aliphatic rings. The summed E-state index contributed by atoms with van der Waals surface area (Å²) in [5.74, 6) is 0. The third-order valence-electron chi connectivity index (χ3n) is 9.87. The number of rotatable bonds is 7. The van der Waals surface area contributed by atoms with E-state index < -0.39 is 0 Å². The van der Waals surface area contributed by atoms with Crippen molar-refractivity contribution in [2.75, 3.05) is 4.90 Å². The highest BCUT2D eigenvalue weighted by Gasteiger charge is 2.15. The van der Waals surface area contributed by atoms with Crippen LogP contribution in [-0.2, 0) is 0 Å². The van der Waals surface area contributed by atoms with Gasteiger partial charge in [-0.3, -0.25) is 0 Å². The minimum atomic E-state index is 1.11. The first kappa shape index (κ1) is 30.4. The van der Waals surface area contributed by atoms with Crippen molar-refractivity contribution in [2.45, 2.75) is 0 Å². The summed E-state index contributed by atoms with van der Waals surface area (Å²) in [5, 5.41) is 5.13. The van der Waals surface area contributed by atoms with Gasteiger partial charge in [-0.05, 0) is 109 Å². The molecule has 9 rings (SSSR count). The molecule has 0 aliphatic carbocycles. The zero-order valence-corrected chi connectivity index (χ0v) is 28.2. The molecule has 9 aromatic carbocycles. The summed E-state index contributed by atoms with van der Waals surface area (Å²) in [6.07, 6.45) is 0. The molecular weight excluding hydrogens is 615 g/mol. The molecule has 1 heteroatoms. The monoisotopic (exact) mass is 649 g/mol. The minimum absolute atomic E-state index is 1.11. The summed E-state index contributed by atoms with van der Waals surface area (Å²) in [5.41, 5.74) is 13.0. The van der Waals surface area contributed by atoms with Gasteiger partial charge in [0.15, 0.2) is 0 Å². The number of hydrogen-bond donors (Lipinski definition) is 0. The van der Waals surface area contributed by atoms with E-state index in [0.717, 1.165) is 17.1 Å². The number of anilines is 3. The Labute approximate surface area is 299 Å². The van der Waals surface area contributed by atoms with Crippen LogP contribution >= 0.6 is 0 Å². The second-order valence-electron chi connectivity index (χ2n) is 13.0. The molecule has 0 amide bonds. The highest BCUT2D eigenvalue weighted by atomic mass is 15.1. The summed E-state index contributed by atoms with van der Waals surface area (Å²) in [6.45, 7) is 0. The van der Waals surface area contributed by atoms with Crippen LogP contribution in [0.5, 0.6) is 0 Å². The summed E-state index contributed by atoms with van der Waals surface area (Å²) < 4.78 is 0. The minimum Gasteiger partial charge on any atom is -0.310 e. The van der Waals surface area contributed by atoms with E-state index in [0.29, 0.717) is 0 Å². The molecule has 0 radical (unpaired) electrons. The van der Waals surface area contributed by atoms with Crippen molar-refractivity contribution in [1.82, 2.24) is 0 Å². The van der Waals surface area contributed by atoms with Crippen LogP contribution in [0.25, 0.3) is 66.1 Å². The molecule has 0 N–H and O–H groups in total. The van der Waals surface area contributed by atoms with Crippen molar-refractivity contribution in [1.29, 1.82) is 0 Å². The van der Waals surface area contributed by atoms with E-state index in [4.69, 9.17) is 0 Å². The highest BCUT2D eigenvalue weighted by molar-refractivity contribution is 6.13. The molecule has 0 aromatic heterocycles. The molecule has 9 aromatic rings. The molecule has 0 spiro atoms. The molecule has 240 valence electrons. The molecule has 0 saturated carbocycles. The van der Waals surface area contributed by atoms with E-state index in [-0.39, 0.29) is 0 Å². The van der Waals surface area contributed by atoms with Crippen molar-refractivity contribution in [3.05, 3.63) is 212 Å². The Morgan fingerprint density at radius 3 is 1.27 bits per heavy atom. The van der Waals surface area contributed by atoms with Crippen LogP contribution in [0.15, 0.2) is 212 Å². The second kappa shape index (κ2) is 13.3. The smallest absolute Gasteiger partial charge is 0.0467 e. The van der Waals surface area contributed by atoms with Crippen molar-refractivity contribution >= 4 is 38.6 Å². The maximum absolute atomic E-state index is 2.35. The zero-order valence-electron chi connectivity index (χ0n) is 28.2. The molecule has 0 saturated heterocycles. The normalized spacial score (nSPS) is 11.1. The Bertz CT molecular complexity index is 2590. The summed E-state index contributed by atoms with van der Waals surface area (Å²) in [4.78, 5) is 2.35. The third kappa shape index (κ3) is 5.96. The van der Waals surface area contributed by atoms with Crippen molar-refractivity contribution in [2.24, 2.45) is 0 Å². The van der Waals surface area contributed by atoms with Gasteiger partial charge in [-0.15, -0.1) is 0 Å². The fourth-order valence-corrected chi connectivity index (χ4v) is 7.27. The quantitative estimate of drug-likeness (QED) is 0.155. The van der Waals surface area contributed by atoms with Gasteiger partial charge in [-0.2, -0.15) is 0 Å². The molecule has 0 fully saturated rings. The van der Waals surface area contributed by atoms with Crippen molar-refractivity contribution in [3.63, 3.8) is 0 Å². The predicted molar refractivity (Wildman–Crippen MR) is 218 cm³/mol. The lowest BCUT2D eigenvalue weighted by atomic mass is 9.92. The van der Waals surface area contributed by atoms with Crippen molar-refractivity contribution in [3.8, 4) is 44.5 Å². The predicted octanol–water partition coefficient (Wildman–Crippen LogP) is 14.1. The molecule has 51 heavy (non-hydrogen) atoms. The number of benzene rings is 9.